The van der Waals surface area contributed by atoms with Crippen LogP contribution in [0.3, 0.4) is 0 Å². The summed E-state index contributed by atoms with van der Waals surface area (Å²) in [6.45, 7) is 13.2. The number of hydrogen-bond acceptors (Lipinski definition) is 10. The number of ether oxygens (including phenoxy) is 1. The number of hydrogen-bond donors (Lipinski definition) is 1. The lowest BCUT2D eigenvalue weighted by molar-refractivity contribution is 0.0985. The number of thiazole rings is 1. The second-order valence-electron chi connectivity index (χ2n) is 9.34. The molecule has 1 N–H and O–H groups in total. The molecule has 2 aliphatic heterocycles. The van der Waals surface area contributed by atoms with Crippen molar-refractivity contribution < 1.29 is 9.53 Å². The van der Waals surface area contributed by atoms with Gasteiger partial charge in [-0.05, 0) is 46.4 Å². The van der Waals surface area contributed by atoms with Gasteiger partial charge in [0.15, 0.2) is 11.5 Å². The first kappa shape index (κ1) is 25.2. The number of aryl methyl sites for hydroxylation is 2. The van der Waals surface area contributed by atoms with E-state index in [1.165, 1.54) is 17.0 Å². The van der Waals surface area contributed by atoms with Gasteiger partial charge in [0.1, 0.15) is 16.4 Å². The van der Waals surface area contributed by atoms with Crippen LogP contribution in [0.15, 0.2) is 18.3 Å². The first-order valence-corrected chi connectivity index (χ1v) is 13.5. The van der Waals surface area contributed by atoms with Crippen LogP contribution in [0.4, 0.5) is 33.8 Å². The van der Waals surface area contributed by atoms with Gasteiger partial charge in [0, 0.05) is 51.0 Å². The molecule has 4 heterocycles. The average molecular weight is 523 g/mol. The van der Waals surface area contributed by atoms with Gasteiger partial charge in [-0.25, -0.2) is 9.97 Å². The molecule has 196 valence electrons. The second-order valence-corrected chi connectivity index (χ2v) is 10.5. The van der Waals surface area contributed by atoms with E-state index in [-0.39, 0.29) is 5.91 Å². The minimum Gasteiger partial charge on any atom is -0.494 e. The molecule has 5 rings (SSSR count). The van der Waals surface area contributed by atoms with Crippen LogP contribution in [0.25, 0.3) is 0 Å². The minimum atomic E-state index is -0.125. The Bertz CT molecular complexity index is 1320. The molecular formula is C26H34N8O2S. The maximum atomic E-state index is 13.3. The number of methoxy groups -OCH3 is 1. The van der Waals surface area contributed by atoms with E-state index in [1.807, 2.05) is 20.8 Å². The summed E-state index contributed by atoms with van der Waals surface area (Å²) in [6, 6.07) is 4.18. The fourth-order valence-corrected chi connectivity index (χ4v) is 5.92. The van der Waals surface area contributed by atoms with Crippen LogP contribution >= 0.6 is 11.3 Å². The van der Waals surface area contributed by atoms with Crippen molar-refractivity contribution in [1.29, 1.82) is 0 Å². The van der Waals surface area contributed by atoms with Crippen molar-refractivity contribution in [2.24, 2.45) is 0 Å². The molecule has 37 heavy (non-hydrogen) atoms. The molecule has 0 radical (unpaired) electrons. The van der Waals surface area contributed by atoms with Gasteiger partial charge in [-0.3, -0.25) is 4.79 Å². The number of benzene rings is 1. The molecule has 0 spiro atoms. The van der Waals surface area contributed by atoms with Crippen molar-refractivity contribution in [2.75, 3.05) is 73.4 Å². The van der Waals surface area contributed by atoms with E-state index in [9.17, 15) is 4.79 Å². The van der Waals surface area contributed by atoms with Crippen LogP contribution in [0.1, 0.15) is 34.9 Å². The van der Waals surface area contributed by atoms with Crippen LogP contribution < -0.4 is 24.8 Å². The molecule has 0 saturated carbocycles. The Hall–Kier alpha value is -3.44. The number of aromatic nitrogens is 3. The van der Waals surface area contributed by atoms with Crippen LogP contribution in [-0.2, 0) is 0 Å². The van der Waals surface area contributed by atoms with Crippen LogP contribution in [0.5, 0.6) is 5.75 Å². The first-order chi connectivity index (χ1) is 17.8. The number of nitrogens with zero attached hydrogens (tertiary/aromatic N) is 7. The first-order valence-electron chi connectivity index (χ1n) is 12.7. The topological polar surface area (TPSA) is 90.0 Å². The predicted octanol–water partition coefficient (Wildman–Crippen LogP) is 4.19. The number of nitrogens with one attached hydrogen (secondary N) is 1. The summed E-state index contributed by atoms with van der Waals surface area (Å²) in [5.41, 5.74) is 4.28. The molecule has 0 aliphatic carbocycles. The normalized spacial score (nSPS) is 15.9. The predicted molar refractivity (Wildman–Crippen MR) is 150 cm³/mol. The monoisotopic (exact) mass is 522 g/mol. The van der Waals surface area contributed by atoms with Gasteiger partial charge >= 0.3 is 0 Å². The van der Waals surface area contributed by atoms with Crippen molar-refractivity contribution in [1.82, 2.24) is 19.9 Å². The van der Waals surface area contributed by atoms with Gasteiger partial charge in [-0.2, -0.15) is 4.98 Å². The van der Waals surface area contributed by atoms with Crippen molar-refractivity contribution in [2.45, 2.75) is 27.7 Å². The molecule has 1 aromatic carbocycles. The number of fused-ring (bicyclic) bond motifs is 2. The highest BCUT2D eigenvalue weighted by Gasteiger charge is 2.34. The molecule has 1 fully saturated rings. The summed E-state index contributed by atoms with van der Waals surface area (Å²) >= 11 is 1.51. The lowest BCUT2D eigenvalue weighted by atomic mass is 10.1. The zero-order valence-corrected chi connectivity index (χ0v) is 23.1. The molecule has 3 aromatic rings. The molecule has 10 nitrogen and oxygen atoms in total. The van der Waals surface area contributed by atoms with E-state index in [1.54, 1.807) is 18.2 Å². The molecule has 11 heteroatoms. The highest BCUT2D eigenvalue weighted by Crippen LogP contribution is 2.43. The lowest BCUT2D eigenvalue weighted by Crippen LogP contribution is -2.44. The van der Waals surface area contributed by atoms with E-state index in [0.717, 1.165) is 53.2 Å². The third-order valence-electron chi connectivity index (χ3n) is 6.95. The van der Waals surface area contributed by atoms with Gasteiger partial charge in [0.25, 0.3) is 5.91 Å². The highest BCUT2D eigenvalue weighted by molar-refractivity contribution is 7.16. The number of carbonyl (C=O) groups excluding carboxylic acids is 1. The van der Waals surface area contributed by atoms with Crippen molar-refractivity contribution in [3.8, 4) is 5.75 Å². The maximum Gasteiger partial charge on any atom is 0.280 e. The maximum absolute atomic E-state index is 13.3. The molecule has 0 unspecified atom stereocenters. The van der Waals surface area contributed by atoms with Gasteiger partial charge in [0.05, 0.1) is 24.0 Å². The van der Waals surface area contributed by atoms with Gasteiger partial charge in [-0.15, -0.1) is 11.3 Å². The number of piperazine rings is 1. The van der Waals surface area contributed by atoms with Crippen LogP contribution in [0.2, 0.25) is 0 Å². The van der Waals surface area contributed by atoms with E-state index in [2.05, 4.69) is 56.1 Å². The summed E-state index contributed by atoms with van der Waals surface area (Å²) in [6.07, 6.45) is 1.72. The number of carbonyl (C=O) groups is 1. The van der Waals surface area contributed by atoms with E-state index in [0.29, 0.717) is 36.2 Å². The Morgan fingerprint density at radius 1 is 1.03 bits per heavy atom. The van der Waals surface area contributed by atoms with E-state index in [4.69, 9.17) is 9.72 Å². The van der Waals surface area contributed by atoms with E-state index < -0.39 is 0 Å². The Morgan fingerprint density at radius 3 is 2.43 bits per heavy atom. The smallest absolute Gasteiger partial charge is 0.280 e. The van der Waals surface area contributed by atoms with Crippen molar-refractivity contribution in [3.05, 3.63) is 34.6 Å². The number of rotatable bonds is 6. The number of anilines is 6. The highest BCUT2D eigenvalue weighted by atomic mass is 32.1. The summed E-state index contributed by atoms with van der Waals surface area (Å²) in [7, 11) is 3.84. The second kappa shape index (κ2) is 10.1. The third-order valence-corrected chi connectivity index (χ3v) is 7.94. The molecule has 0 bridgehead atoms. The summed E-state index contributed by atoms with van der Waals surface area (Å²) in [4.78, 5) is 35.9. The molecule has 2 aliphatic rings. The largest absolute Gasteiger partial charge is 0.494 e. The summed E-state index contributed by atoms with van der Waals surface area (Å²) in [5.74, 6) is 1.73. The molecule has 0 atom stereocenters. The van der Waals surface area contributed by atoms with Crippen LogP contribution in [0, 0.1) is 13.8 Å². The minimum absolute atomic E-state index is 0.125. The third kappa shape index (κ3) is 4.57. The van der Waals surface area contributed by atoms with Crippen LogP contribution in [-0.4, -0.2) is 79.2 Å². The molecule has 1 amide bonds. The zero-order chi connectivity index (χ0) is 26.3. The molecule has 1 saturated heterocycles. The number of amides is 1. The van der Waals surface area contributed by atoms with E-state index >= 15 is 0 Å². The average Bonchev–Trinajstić information content (AvgIpc) is 3.24. The lowest BCUT2D eigenvalue weighted by Gasteiger charge is -2.35. The quantitative estimate of drug-likeness (QED) is 0.512. The molecule has 2 aromatic heterocycles. The Balaban J connectivity index is 1.51. The summed E-state index contributed by atoms with van der Waals surface area (Å²) in [5, 5.41) is 5.04. The fourth-order valence-electron chi connectivity index (χ4n) is 4.95. The Kier molecular flexibility index (Phi) is 6.91. The number of likely N-dealkylation sites (N-methyl/N-ethyl adjacent to an activating group) is 1. The van der Waals surface area contributed by atoms with Gasteiger partial charge in [0.2, 0.25) is 5.95 Å². The van der Waals surface area contributed by atoms with Crippen molar-refractivity contribution >= 4 is 51.1 Å². The van der Waals surface area contributed by atoms with Gasteiger partial charge in [-0.1, -0.05) is 0 Å². The van der Waals surface area contributed by atoms with Gasteiger partial charge < -0.3 is 29.7 Å². The molecular weight excluding hydrogens is 488 g/mol. The Labute approximate surface area is 221 Å². The fraction of sp³-hybridized carbons (Fsp3) is 0.462. The van der Waals surface area contributed by atoms with Crippen molar-refractivity contribution in [3.63, 3.8) is 0 Å². The summed E-state index contributed by atoms with van der Waals surface area (Å²) < 4.78 is 5.77. The Morgan fingerprint density at radius 2 is 1.76 bits per heavy atom. The standard InChI is InChI=1S/C26H34N8O2S/c1-7-33-20-15-27-26(30-23(20)34(8-2)25-22(24(33)35)28-17(4)37-25)29-18-13-16(3)19(14-21(18)36-6)32-11-9-31(5)10-12-32/h13-15H,7-12H2,1-6H3,(H,27,29,30). The SMILES string of the molecule is CCN1C(=O)c2nc(C)sc2N(CC)c2nc(Nc3cc(C)c(N4CCN(C)CC4)cc3OC)ncc21. The zero-order valence-electron chi connectivity index (χ0n) is 22.3.